The number of hydrazone groups is 1. The number of hydrogen-bond donors (Lipinski definition) is 1. The molecule has 2 aromatic carbocycles. The maximum Gasteiger partial charge on any atom is 0.276 e. The van der Waals surface area contributed by atoms with Gasteiger partial charge in [0.1, 0.15) is 5.70 Å². The molecule has 0 saturated carbocycles. The molecule has 1 atom stereocenters. The molecule has 0 bridgehead atoms. The first-order valence-corrected chi connectivity index (χ1v) is 10.8. The summed E-state index contributed by atoms with van der Waals surface area (Å²) in [7, 11) is 0. The quantitative estimate of drug-likeness (QED) is 0.774. The molecule has 1 N–H and O–H groups in total. The molecule has 2 heterocycles. The summed E-state index contributed by atoms with van der Waals surface area (Å²) in [5.41, 5.74) is 2.63. The van der Waals surface area contributed by atoms with Crippen LogP contribution in [0.5, 0.6) is 0 Å². The zero-order valence-electron chi connectivity index (χ0n) is 15.5. The number of carbonyl (C=O) groups excluding carboxylic acids is 1. The fourth-order valence-electron chi connectivity index (χ4n) is 3.24. The molecule has 5 nitrogen and oxygen atoms in total. The number of rotatable bonds is 3. The third-order valence-electron chi connectivity index (χ3n) is 4.45. The zero-order chi connectivity index (χ0) is 19.7. The van der Waals surface area contributed by atoms with Crippen LogP contribution in [0.25, 0.3) is 11.8 Å². The molecule has 0 radical (unpaired) electrons. The fraction of sp³-hybridized carbons (Fsp3) is 0.190. The lowest BCUT2D eigenvalue weighted by Gasteiger charge is -2.34. The number of amidine groups is 1. The number of benzene rings is 2. The van der Waals surface area contributed by atoms with Crippen LogP contribution in [0.2, 0.25) is 0 Å². The van der Waals surface area contributed by atoms with E-state index in [-0.39, 0.29) is 12.1 Å². The van der Waals surface area contributed by atoms with Crippen LogP contribution in [0.1, 0.15) is 19.4 Å². The van der Waals surface area contributed by atoms with Gasteiger partial charge in [0.25, 0.3) is 5.91 Å². The summed E-state index contributed by atoms with van der Waals surface area (Å²) in [6.07, 6.45) is 1.71. The average Bonchev–Trinajstić information content (AvgIpc) is 2.68. The van der Waals surface area contributed by atoms with Gasteiger partial charge in [-0.25, -0.2) is 5.01 Å². The minimum Gasteiger partial charge on any atom is -0.298 e. The van der Waals surface area contributed by atoms with E-state index in [4.69, 9.17) is 10.1 Å². The van der Waals surface area contributed by atoms with E-state index in [1.807, 2.05) is 62.4 Å². The van der Waals surface area contributed by atoms with Gasteiger partial charge in [-0.1, -0.05) is 71.0 Å². The molecule has 0 saturated heterocycles. The lowest BCUT2D eigenvalue weighted by molar-refractivity contribution is -0.116. The van der Waals surface area contributed by atoms with E-state index in [1.54, 1.807) is 5.01 Å². The highest BCUT2D eigenvalue weighted by molar-refractivity contribution is 9.10. The second-order valence-electron chi connectivity index (χ2n) is 6.45. The van der Waals surface area contributed by atoms with Gasteiger partial charge in [-0.2, -0.15) is 0 Å². The van der Waals surface area contributed by atoms with Crippen LogP contribution in [-0.4, -0.2) is 28.0 Å². The van der Waals surface area contributed by atoms with Gasteiger partial charge < -0.3 is 0 Å². The Labute approximate surface area is 176 Å². The molecule has 2 aliphatic heterocycles. The van der Waals surface area contributed by atoms with Gasteiger partial charge in [-0.3, -0.25) is 15.1 Å². The number of nitrogens with one attached hydrogen (secondary N) is 1. The molecule has 142 valence electrons. The van der Waals surface area contributed by atoms with Crippen molar-refractivity contribution in [1.29, 1.82) is 0 Å². The van der Waals surface area contributed by atoms with Crippen LogP contribution in [0, 0.1) is 0 Å². The predicted molar refractivity (Wildman–Crippen MR) is 118 cm³/mol. The topological polar surface area (TPSA) is 57.1 Å². The van der Waals surface area contributed by atoms with Crippen LogP contribution < -0.4 is 15.9 Å². The smallest absolute Gasteiger partial charge is 0.276 e. The number of fused-ring (bicyclic) bond motifs is 2. The average molecular weight is 455 g/mol. The van der Waals surface area contributed by atoms with Crippen LogP contribution in [0.4, 0.5) is 0 Å². The van der Waals surface area contributed by atoms with Crippen LogP contribution in [0.3, 0.4) is 0 Å². The minimum absolute atomic E-state index is 0.155. The molecule has 0 aromatic heterocycles. The molecule has 2 aromatic rings. The Balaban J connectivity index is 1.90. The second-order valence-corrected chi connectivity index (χ2v) is 8.62. The van der Waals surface area contributed by atoms with Gasteiger partial charge in [-0.15, -0.1) is 5.10 Å². The maximum absolute atomic E-state index is 13.0. The van der Waals surface area contributed by atoms with E-state index in [1.165, 1.54) is 11.8 Å². The SMILES string of the molecule is CCSC1=NN2C(=c3cc(Br)ccc3=NC2/C(C)=C/c2ccccc2)C(=O)N1. The number of carbonyl (C=O) groups is 1. The molecule has 0 aliphatic carbocycles. The summed E-state index contributed by atoms with van der Waals surface area (Å²) in [5.74, 6) is 0.670. The Kier molecular flexibility index (Phi) is 5.37. The van der Waals surface area contributed by atoms with Crippen molar-refractivity contribution in [3.8, 4) is 0 Å². The fourth-order valence-corrected chi connectivity index (χ4v) is 4.18. The largest absolute Gasteiger partial charge is 0.298 e. The summed E-state index contributed by atoms with van der Waals surface area (Å²) < 4.78 is 0.898. The molecular formula is C21H19BrN4OS. The van der Waals surface area contributed by atoms with E-state index in [0.717, 1.165) is 31.9 Å². The van der Waals surface area contributed by atoms with E-state index in [9.17, 15) is 4.79 Å². The molecule has 0 fully saturated rings. The van der Waals surface area contributed by atoms with Crippen molar-refractivity contribution in [1.82, 2.24) is 10.3 Å². The van der Waals surface area contributed by atoms with Crippen molar-refractivity contribution in [3.05, 3.63) is 74.7 Å². The summed E-state index contributed by atoms with van der Waals surface area (Å²) in [5, 5.41) is 11.5. The summed E-state index contributed by atoms with van der Waals surface area (Å²) in [6.45, 7) is 4.06. The predicted octanol–water partition coefficient (Wildman–Crippen LogP) is 3.08. The summed E-state index contributed by atoms with van der Waals surface area (Å²) in [6, 6.07) is 15.9. The van der Waals surface area contributed by atoms with Crippen LogP contribution in [0.15, 0.2) is 68.7 Å². The van der Waals surface area contributed by atoms with Crippen LogP contribution in [-0.2, 0) is 4.79 Å². The first-order valence-electron chi connectivity index (χ1n) is 8.99. The Hall–Kier alpha value is -2.38. The standard InChI is InChI=1S/C21H19BrN4OS/c1-3-28-21-24-20(27)18-16-12-15(22)9-10-17(16)23-19(26(18)25-21)13(2)11-14-7-5-4-6-8-14/h4-12,19H,3H2,1-2H3,(H,24,25,27)/b13-11+. The van der Waals surface area contributed by atoms with Gasteiger partial charge in [0.15, 0.2) is 11.3 Å². The number of thioether (sulfide) groups is 1. The van der Waals surface area contributed by atoms with E-state index in [2.05, 4.69) is 27.3 Å². The minimum atomic E-state index is -0.373. The highest BCUT2D eigenvalue weighted by atomic mass is 79.9. The van der Waals surface area contributed by atoms with Gasteiger partial charge in [0.2, 0.25) is 0 Å². The van der Waals surface area contributed by atoms with Gasteiger partial charge >= 0.3 is 0 Å². The number of amides is 1. The maximum atomic E-state index is 13.0. The number of hydrogen-bond acceptors (Lipinski definition) is 5. The molecule has 2 aliphatic rings. The molecule has 28 heavy (non-hydrogen) atoms. The third kappa shape index (κ3) is 3.64. The molecule has 0 spiro atoms. The molecule has 1 amide bonds. The first kappa shape index (κ1) is 19.0. The first-order chi connectivity index (χ1) is 13.6. The van der Waals surface area contributed by atoms with E-state index >= 15 is 0 Å². The van der Waals surface area contributed by atoms with Crippen molar-refractivity contribution >= 4 is 50.5 Å². The molecule has 1 unspecified atom stereocenters. The lowest BCUT2D eigenvalue weighted by atomic mass is 10.1. The van der Waals surface area contributed by atoms with Crippen molar-refractivity contribution in [2.45, 2.75) is 20.0 Å². The summed E-state index contributed by atoms with van der Waals surface area (Å²) in [4.78, 5) is 17.9. The molecule has 7 heteroatoms. The van der Waals surface area contributed by atoms with E-state index < -0.39 is 0 Å². The Morgan fingerprint density at radius 2 is 2.07 bits per heavy atom. The summed E-state index contributed by atoms with van der Waals surface area (Å²) >= 11 is 5.00. The van der Waals surface area contributed by atoms with Gasteiger partial charge in [-0.05, 0) is 42.0 Å². The van der Waals surface area contributed by atoms with Crippen molar-refractivity contribution in [2.24, 2.45) is 10.1 Å². The molecular weight excluding hydrogens is 436 g/mol. The third-order valence-corrected chi connectivity index (χ3v) is 5.69. The Morgan fingerprint density at radius 1 is 1.29 bits per heavy atom. The normalized spacial score (nSPS) is 18.7. The zero-order valence-corrected chi connectivity index (χ0v) is 17.9. The van der Waals surface area contributed by atoms with Crippen molar-refractivity contribution in [3.63, 3.8) is 0 Å². The Morgan fingerprint density at radius 3 is 2.82 bits per heavy atom. The highest BCUT2D eigenvalue weighted by Crippen LogP contribution is 2.25. The molecule has 4 rings (SSSR count). The second kappa shape index (κ2) is 7.93. The van der Waals surface area contributed by atoms with Crippen molar-refractivity contribution in [2.75, 3.05) is 5.75 Å². The van der Waals surface area contributed by atoms with Gasteiger partial charge in [0, 0.05) is 9.69 Å². The lowest BCUT2D eigenvalue weighted by Crippen LogP contribution is -2.53. The monoisotopic (exact) mass is 454 g/mol. The van der Waals surface area contributed by atoms with E-state index in [0.29, 0.717) is 10.9 Å². The highest BCUT2D eigenvalue weighted by Gasteiger charge is 2.34. The Bertz CT molecular complexity index is 1110. The number of halogens is 1. The van der Waals surface area contributed by atoms with Gasteiger partial charge in [0.05, 0.1) is 5.36 Å². The number of nitrogens with zero attached hydrogens (tertiary/aromatic N) is 3. The van der Waals surface area contributed by atoms with Crippen LogP contribution >= 0.6 is 27.7 Å². The van der Waals surface area contributed by atoms with Crippen molar-refractivity contribution < 1.29 is 4.79 Å².